The van der Waals surface area contributed by atoms with Gasteiger partial charge in [-0.25, -0.2) is 0 Å². The van der Waals surface area contributed by atoms with Crippen LogP contribution in [0.1, 0.15) is 30.1 Å². The topological polar surface area (TPSA) is 32.8 Å². The monoisotopic (exact) mass is 334 g/mol. The number of nitrogens with zero attached hydrogens (tertiary/aromatic N) is 2. The van der Waals surface area contributed by atoms with Gasteiger partial charge >= 0.3 is 0 Å². The molecule has 0 N–H and O–H groups in total. The molecule has 1 unspecified atom stereocenters. The average Bonchev–Trinajstić information content (AvgIpc) is 3.00. The highest BCUT2D eigenvalue weighted by Gasteiger charge is 2.26. The van der Waals surface area contributed by atoms with Gasteiger partial charge in [0.2, 0.25) is 0 Å². The van der Waals surface area contributed by atoms with Crippen LogP contribution < -0.4 is 4.74 Å². The molecule has 3 rings (SSSR count). The molecule has 5 heteroatoms. The van der Waals surface area contributed by atoms with Crippen LogP contribution in [0.15, 0.2) is 24.3 Å². The fourth-order valence-electron chi connectivity index (χ4n) is 3.36. The van der Waals surface area contributed by atoms with Crippen molar-refractivity contribution in [2.75, 3.05) is 44.3 Å². The molecule has 4 nitrogen and oxygen atoms in total. The zero-order valence-corrected chi connectivity index (χ0v) is 14.7. The summed E-state index contributed by atoms with van der Waals surface area (Å²) in [5, 5.41) is 0. The molecule has 2 saturated heterocycles. The molecule has 1 amide bonds. The molecule has 1 atom stereocenters. The van der Waals surface area contributed by atoms with Crippen LogP contribution in [0.2, 0.25) is 0 Å². The minimum Gasteiger partial charge on any atom is -0.494 e. The Labute approximate surface area is 143 Å². The number of thioether (sulfide) groups is 1. The van der Waals surface area contributed by atoms with E-state index < -0.39 is 0 Å². The Morgan fingerprint density at radius 3 is 2.74 bits per heavy atom. The summed E-state index contributed by atoms with van der Waals surface area (Å²) in [4.78, 5) is 17.3. The maximum Gasteiger partial charge on any atom is 0.253 e. The van der Waals surface area contributed by atoms with Crippen LogP contribution in [0.25, 0.3) is 0 Å². The Hall–Kier alpha value is -1.20. The summed E-state index contributed by atoms with van der Waals surface area (Å²) in [6.07, 6.45) is 2.38. The maximum absolute atomic E-state index is 12.7. The molecule has 2 fully saturated rings. The van der Waals surface area contributed by atoms with E-state index in [1.54, 1.807) is 0 Å². The van der Waals surface area contributed by atoms with Gasteiger partial charge in [-0.05, 0) is 49.8 Å². The van der Waals surface area contributed by atoms with E-state index in [9.17, 15) is 4.79 Å². The summed E-state index contributed by atoms with van der Waals surface area (Å²) in [7, 11) is 0. The summed E-state index contributed by atoms with van der Waals surface area (Å²) in [6.45, 7) is 6.45. The maximum atomic E-state index is 12.7. The van der Waals surface area contributed by atoms with E-state index in [0.29, 0.717) is 6.61 Å². The molecule has 23 heavy (non-hydrogen) atoms. The SMILES string of the molecule is CCOc1ccc(C(=O)N2CCCN(C3CCSC3)CC2)cc1. The van der Waals surface area contributed by atoms with Gasteiger partial charge < -0.3 is 9.64 Å². The third kappa shape index (κ3) is 4.21. The van der Waals surface area contributed by atoms with Gasteiger partial charge in [0.15, 0.2) is 0 Å². The molecule has 2 aliphatic heterocycles. The Morgan fingerprint density at radius 1 is 1.22 bits per heavy atom. The summed E-state index contributed by atoms with van der Waals surface area (Å²) < 4.78 is 5.44. The van der Waals surface area contributed by atoms with Gasteiger partial charge in [0.1, 0.15) is 5.75 Å². The number of carbonyl (C=O) groups excluding carboxylic acids is 1. The predicted octanol–water partition coefficient (Wildman–Crippen LogP) is 2.74. The molecule has 0 bridgehead atoms. The highest BCUT2D eigenvalue weighted by Crippen LogP contribution is 2.23. The molecular weight excluding hydrogens is 308 g/mol. The Bertz CT molecular complexity index is 514. The van der Waals surface area contributed by atoms with E-state index in [4.69, 9.17) is 4.74 Å². The number of hydrogen-bond donors (Lipinski definition) is 0. The van der Waals surface area contributed by atoms with Gasteiger partial charge in [0.05, 0.1) is 6.61 Å². The summed E-state index contributed by atoms with van der Waals surface area (Å²) in [5.74, 6) is 3.52. The second-order valence-corrected chi connectivity index (χ2v) is 7.31. The molecule has 0 spiro atoms. The van der Waals surface area contributed by atoms with E-state index >= 15 is 0 Å². The first-order valence-corrected chi connectivity index (χ1v) is 9.77. The van der Waals surface area contributed by atoms with Crippen molar-refractivity contribution in [1.29, 1.82) is 0 Å². The summed E-state index contributed by atoms with van der Waals surface area (Å²) >= 11 is 2.06. The number of amides is 1. The molecule has 0 radical (unpaired) electrons. The van der Waals surface area contributed by atoms with Crippen LogP contribution in [-0.2, 0) is 0 Å². The minimum absolute atomic E-state index is 0.149. The van der Waals surface area contributed by atoms with Gasteiger partial charge in [-0.15, -0.1) is 0 Å². The Morgan fingerprint density at radius 2 is 2.04 bits per heavy atom. The Balaban J connectivity index is 1.58. The predicted molar refractivity (Wildman–Crippen MR) is 95.4 cm³/mol. The van der Waals surface area contributed by atoms with Crippen molar-refractivity contribution >= 4 is 17.7 Å². The fourth-order valence-corrected chi connectivity index (χ4v) is 4.61. The van der Waals surface area contributed by atoms with Crippen molar-refractivity contribution in [3.63, 3.8) is 0 Å². The van der Waals surface area contributed by atoms with Crippen molar-refractivity contribution in [3.8, 4) is 5.75 Å². The lowest BCUT2D eigenvalue weighted by molar-refractivity contribution is 0.0759. The third-order valence-electron chi connectivity index (χ3n) is 4.65. The van der Waals surface area contributed by atoms with E-state index in [2.05, 4.69) is 16.7 Å². The number of hydrogen-bond acceptors (Lipinski definition) is 4. The van der Waals surface area contributed by atoms with Crippen molar-refractivity contribution in [2.45, 2.75) is 25.8 Å². The van der Waals surface area contributed by atoms with E-state index in [1.807, 2.05) is 36.1 Å². The van der Waals surface area contributed by atoms with Crippen LogP contribution in [0, 0.1) is 0 Å². The van der Waals surface area contributed by atoms with Crippen LogP contribution >= 0.6 is 11.8 Å². The number of rotatable bonds is 4. The fraction of sp³-hybridized carbons (Fsp3) is 0.611. The molecule has 0 aromatic heterocycles. The molecule has 0 saturated carbocycles. The van der Waals surface area contributed by atoms with E-state index in [1.165, 1.54) is 17.9 Å². The lowest BCUT2D eigenvalue weighted by Gasteiger charge is -2.26. The lowest BCUT2D eigenvalue weighted by Crippen LogP contribution is -2.39. The van der Waals surface area contributed by atoms with Crippen LogP contribution in [0.5, 0.6) is 5.75 Å². The highest BCUT2D eigenvalue weighted by atomic mass is 32.2. The first kappa shape index (κ1) is 16.7. The molecule has 1 aromatic rings. The van der Waals surface area contributed by atoms with E-state index in [0.717, 1.165) is 50.0 Å². The van der Waals surface area contributed by atoms with Gasteiger partial charge in [-0.1, -0.05) is 0 Å². The molecule has 0 aliphatic carbocycles. The van der Waals surface area contributed by atoms with Crippen molar-refractivity contribution in [1.82, 2.24) is 9.80 Å². The van der Waals surface area contributed by atoms with Gasteiger partial charge in [-0.2, -0.15) is 11.8 Å². The molecule has 126 valence electrons. The highest BCUT2D eigenvalue weighted by molar-refractivity contribution is 7.99. The van der Waals surface area contributed by atoms with Crippen LogP contribution in [0.3, 0.4) is 0 Å². The number of benzene rings is 1. The van der Waals surface area contributed by atoms with Crippen molar-refractivity contribution in [3.05, 3.63) is 29.8 Å². The second-order valence-electron chi connectivity index (χ2n) is 6.16. The van der Waals surface area contributed by atoms with Crippen LogP contribution in [0.4, 0.5) is 0 Å². The largest absolute Gasteiger partial charge is 0.494 e. The quantitative estimate of drug-likeness (QED) is 0.848. The normalized spacial score (nSPS) is 22.8. The van der Waals surface area contributed by atoms with Crippen molar-refractivity contribution < 1.29 is 9.53 Å². The third-order valence-corrected chi connectivity index (χ3v) is 5.80. The summed E-state index contributed by atoms with van der Waals surface area (Å²) in [5.41, 5.74) is 0.762. The molecule has 1 aromatic carbocycles. The zero-order chi connectivity index (χ0) is 16.1. The average molecular weight is 334 g/mol. The summed E-state index contributed by atoms with van der Waals surface area (Å²) in [6, 6.07) is 8.25. The van der Waals surface area contributed by atoms with E-state index in [-0.39, 0.29) is 5.91 Å². The first-order valence-electron chi connectivity index (χ1n) is 8.62. The number of carbonyl (C=O) groups is 1. The molecule has 2 aliphatic rings. The first-order chi connectivity index (χ1) is 11.3. The Kier molecular flexibility index (Phi) is 5.84. The van der Waals surface area contributed by atoms with Gasteiger partial charge in [-0.3, -0.25) is 9.69 Å². The van der Waals surface area contributed by atoms with Crippen molar-refractivity contribution in [2.24, 2.45) is 0 Å². The van der Waals surface area contributed by atoms with Gasteiger partial charge in [0, 0.05) is 43.5 Å². The molecule has 2 heterocycles. The smallest absolute Gasteiger partial charge is 0.253 e. The van der Waals surface area contributed by atoms with Gasteiger partial charge in [0.25, 0.3) is 5.91 Å². The van der Waals surface area contributed by atoms with Crippen LogP contribution in [-0.4, -0.2) is 66.0 Å². The number of ether oxygens (including phenoxy) is 1. The minimum atomic E-state index is 0.149. The lowest BCUT2D eigenvalue weighted by atomic mass is 10.2. The zero-order valence-electron chi connectivity index (χ0n) is 13.9. The molecular formula is C18H26N2O2S. The standard InChI is InChI=1S/C18H26N2O2S/c1-2-22-17-6-4-15(5-7-17)18(21)20-10-3-9-19(11-12-20)16-8-13-23-14-16/h4-7,16H,2-3,8-14H2,1H3. The second kappa shape index (κ2) is 8.06.